The van der Waals surface area contributed by atoms with Gasteiger partial charge in [0.15, 0.2) is 40.8 Å². The number of rotatable bonds is 10. The second-order valence-electron chi connectivity index (χ2n) is 32.8. The molecule has 7 heterocycles. The minimum absolute atomic E-state index is 0.0720. The molecule has 586 valence electrons. The highest BCUT2D eigenvalue weighted by Gasteiger charge is 2.40. The number of hydrogen-bond donors (Lipinski definition) is 0. The zero-order valence-electron chi connectivity index (χ0n) is 68.2. The van der Waals surface area contributed by atoms with Crippen molar-refractivity contribution in [1.82, 2.24) is 58.6 Å². The molecule has 0 atom stereocenters. The average molecular weight is 1610 g/mol. The highest BCUT2D eigenvalue weighted by molar-refractivity contribution is 7.26. The summed E-state index contributed by atoms with van der Waals surface area (Å²) in [6.45, 7) is 9.37. The molecule has 0 unspecified atom stereocenters. The van der Waals surface area contributed by atoms with E-state index in [0.717, 1.165) is 66.7 Å². The number of benzene rings is 16. The maximum Gasteiger partial charge on any atom is 0.238 e. The van der Waals surface area contributed by atoms with Crippen LogP contribution in [0.25, 0.3) is 205 Å². The topological polar surface area (TPSA) is 131 Å². The highest BCUT2D eigenvalue weighted by Crippen LogP contribution is 2.55. The predicted molar refractivity (Wildman–Crippen MR) is 509 cm³/mol. The smallest absolute Gasteiger partial charge is 0.238 e. The molecule has 25 rings (SSSR count). The summed E-state index contributed by atoms with van der Waals surface area (Å²) < 4.78 is 9.39. The van der Waals surface area contributed by atoms with Gasteiger partial charge in [0.05, 0.1) is 37.8 Å². The summed E-state index contributed by atoms with van der Waals surface area (Å²) in [6.07, 6.45) is 0. The fourth-order valence-corrected chi connectivity index (χ4v) is 20.2. The van der Waals surface area contributed by atoms with E-state index in [2.05, 4.69) is 248 Å². The van der Waals surface area contributed by atoms with Crippen LogP contribution in [-0.4, -0.2) is 58.6 Å². The van der Waals surface area contributed by atoms with Crippen LogP contribution < -0.4 is 0 Å². The van der Waals surface area contributed by atoms with Gasteiger partial charge in [0.1, 0.15) is 0 Å². The SMILES string of the molecule is CC1(C)c2ccccc2-c2cc3c(cc21)c1ccccc1n3-c1nc(-c2ccccc2)nc(-c2ccccc2)n1.CC1(C)c2ccccc2-c2ccc3c4ccccc4n(-c4cccc(-c5nc(-c6ccccc6)nc(-c6ccccc6)n5)c4)c3c21.c1ccc(-c2nc(-c3ccccc3)nc(-n3c4ccccc4c4ccc5c6ccccc6sc5c43)n2)cc1. The number of thiophene rings is 1. The van der Waals surface area contributed by atoms with E-state index in [-0.39, 0.29) is 10.8 Å². The lowest BCUT2D eigenvalue weighted by Gasteiger charge is -2.23. The molecule has 0 amide bonds. The van der Waals surface area contributed by atoms with Crippen molar-refractivity contribution in [3.63, 3.8) is 0 Å². The van der Waals surface area contributed by atoms with Crippen LogP contribution in [0.1, 0.15) is 49.9 Å². The first-order chi connectivity index (χ1) is 61.0. The Balaban J connectivity index is 0.000000108. The third kappa shape index (κ3) is 12.2. The molecule has 2 aliphatic carbocycles. The summed E-state index contributed by atoms with van der Waals surface area (Å²) in [7, 11) is 0. The van der Waals surface area contributed by atoms with Crippen molar-refractivity contribution >= 4 is 96.9 Å². The summed E-state index contributed by atoms with van der Waals surface area (Å²) in [4.78, 5) is 45.1. The molecule has 124 heavy (non-hydrogen) atoms. The van der Waals surface area contributed by atoms with Crippen LogP contribution in [0.3, 0.4) is 0 Å². The van der Waals surface area contributed by atoms with Crippen LogP contribution in [0.2, 0.25) is 0 Å². The van der Waals surface area contributed by atoms with Gasteiger partial charge < -0.3 is 4.57 Å². The van der Waals surface area contributed by atoms with Crippen LogP contribution >= 0.6 is 11.3 Å². The Morgan fingerprint density at radius 1 is 0.218 bits per heavy atom. The molecule has 13 heteroatoms. The monoisotopic (exact) mass is 1610 g/mol. The molecule has 23 aromatic rings. The van der Waals surface area contributed by atoms with Gasteiger partial charge in [0.25, 0.3) is 0 Å². The predicted octanol–water partition coefficient (Wildman–Crippen LogP) is 27.6. The van der Waals surface area contributed by atoms with E-state index < -0.39 is 0 Å². The molecule has 0 fully saturated rings. The summed E-state index contributed by atoms with van der Waals surface area (Å²) >= 11 is 1.82. The van der Waals surface area contributed by atoms with E-state index in [1.54, 1.807) is 0 Å². The molecule has 0 bridgehead atoms. The zero-order chi connectivity index (χ0) is 82.7. The van der Waals surface area contributed by atoms with Crippen molar-refractivity contribution in [2.24, 2.45) is 0 Å². The Morgan fingerprint density at radius 2 is 0.581 bits per heavy atom. The Hall–Kier alpha value is -15.8. The minimum Gasteiger partial charge on any atom is -0.309 e. The van der Waals surface area contributed by atoms with Gasteiger partial charge in [-0.1, -0.05) is 367 Å². The summed E-state index contributed by atoms with van der Waals surface area (Å²) in [5, 5.41) is 9.81. The average Bonchev–Trinajstić information content (AvgIpc) is 1.54. The number of aromatic nitrogens is 12. The molecule has 0 spiro atoms. The van der Waals surface area contributed by atoms with Crippen LogP contribution in [0.15, 0.2) is 388 Å². The number of fused-ring (bicyclic) bond motifs is 20. The van der Waals surface area contributed by atoms with E-state index in [9.17, 15) is 0 Å². The standard InChI is InChI=1S/C42H30N4.C36H26N4.C33H20N4S/c1-42(2)35-22-11-9-20-31(35)33-24-25-34-32-21-10-12-23-36(32)46(38(34)37(33)42)30-19-13-18-29(26-30)41-44-39(27-14-5-3-6-15-27)43-40(45-41)28-16-7-4-8-17-28;1-36(2)29-19-11-9-17-25(29)27-22-32-28(21-30(27)36)26-18-10-12-20-31(26)40(32)35-38-33(23-13-5-3-6-14-23)37-34(39-35)24-15-7-4-8-16-24;1-3-11-21(12-4-1)31-34-32(22-13-5-2-6-14-22)36-33(35-31)37-27-17-9-7-15-23(27)25-19-20-26-24-16-8-10-18-28(24)38-30(26)29(25)37/h3-26H,1-2H3;3-22H,1-2H3;1-20H. The van der Waals surface area contributed by atoms with Crippen LogP contribution in [0.4, 0.5) is 0 Å². The Kier molecular flexibility index (Phi) is 17.5. The van der Waals surface area contributed by atoms with Crippen molar-refractivity contribution in [3.8, 4) is 120 Å². The summed E-state index contributed by atoms with van der Waals surface area (Å²) in [5.74, 6) is 5.82. The lowest BCUT2D eigenvalue weighted by molar-refractivity contribution is 0.661. The Labute approximate surface area is 719 Å². The van der Waals surface area contributed by atoms with E-state index in [1.165, 1.54) is 108 Å². The van der Waals surface area contributed by atoms with Crippen molar-refractivity contribution in [2.75, 3.05) is 0 Å². The molecule has 0 saturated heterocycles. The molecule has 0 saturated carbocycles. The molecule has 12 nitrogen and oxygen atoms in total. The molecule has 16 aromatic carbocycles. The van der Waals surface area contributed by atoms with Crippen molar-refractivity contribution < 1.29 is 0 Å². The highest BCUT2D eigenvalue weighted by atomic mass is 32.1. The number of para-hydroxylation sites is 3. The first-order valence-electron chi connectivity index (χ1n) is 41.9. The van der Waals surface area contributed by atoms with E-state index in [0.29, 0.717) is 52.7 Å². The molecular formula is C111H76N12S. The van der Waals surface area contributed by atoms with Crippen LogP contribution in [-0.2, 0) is 10.8 Å². The van der Waals surface area contributed by atoms with Gasteiger partial charge in [0, 0.05) is 103 Å². The van der Waals surface area contributed by atoms with Crippen LogP contribution in [0, 0.1) is 0 Å². The molecule has 2 aliphatic rings. The van der Waals surface area contributed by atoms with Gasteiger partial charge in [-0.3, -0.25) is 9.13 Å². The third-order valence-corrected chi connectivity index (χ3v) is 25.9. The quantitative estimate of drug-likeness (QED) is 0.131. The second kappa shape index (κ2) is 29.6. The third-order valence-electron chi connectivity index (χ3n) is 24.7. The van der Waals surface area contributed by atoms with Gasteiger partial charge in [-0.05, 0) is 93.0 Å². The molecule has 0 N–H and O–H groups in total. The Morgan fingerprint density at radius 3 is 1.09 bits per heavy atom. The molecule has 7 aromatic heterocycles. The number of hydrogen-bond acceptors (Lipinski definition) is 10. The van der Waals surface area contributed by atoms with Gasteiger partial charge in [-0.25, -0.2) is 24.9 Å². The van der Waals surface area contributed by atoms with Gasteiger partial charge in [0.2, 0.25) is 11.9 Å². The maximum absolute atomic E-state index is 5.08. The largest absolute Gasteiger partial charge is 0.309 e. The fourth-order valence-electron chi connectivity index (χ4n) is 18.9. The Bertz CT molecular complexity index is 7990. The lowest BCUT2D eigenvalue weighted by atomic mass is 9.81. The maximum atomic E-state index is 5.08. The van der Waals surface area contributed by atoms with Crippen molar-refractivity contribution in [1.29, 1.82) is 0 Å². The van der Waals surface area contributed by atoms with E-state index >= 15 is 0 Å². The fraction of sp³-hybridized carbons (Fsp3) is 0.0541. The molecular weight excluding hydrogens is 1530 g/mol. The van der Waals surface area contributed by atoms with Crippen molar-refractivity contribution in [2.45, 2.75) is 38.5 Å². The summed E-state index contributed by atoms with van der Waals surface area (Å²) in [6, 6.07) is 135. The van der Waals surface area contributed by atoms with E-state index in [4.69, 9.17) is 44.9 Å². The van der Waals surface area contributed by atoms with Crippen molar-refractivity contribution in [3.05, 3.63) is 411 Å². The first-order valence-corrected chi connectivity index (χ1v) is 42.7. The second-order valence-corrected chi connectivity index (χ2v) is 33.8. The minimum atomic E-state index is -0.154. The summed E-state index contributed by atoms with van der Waals surface area (Å²) in [5.41, 5.74) is 25.0. The zero-order valence-corrected chi connectivity index (χ0v) is 69.0. The molecule has 0 radical (unpaired) electrons. The van der Waals surface area contributed by atoms with Gasteiger partial charge in [-0.15, -0.1) is 11.3 Å². The van der Waals surface area contributed by atoms with E-state index in [1.807, 2.05) is 193 Å². The first kappa shape index (κ1) is 73.3. The van der Waals surface area contributed by atoms with Gasteiger partial charge in [-0.2, -0.15) is 19.9 Å². The lowest BCUT2D eigenvalue weighted by Crippen LogP contribution is -2.16. The van der Waals surface area contributed by atoms with Crippen LogP contribution in [0.5, 0.6) is 0 Å². The molecule has 0 aliphatic heterocycles. The normalized spacial score (nSPS) is 12.8. The number of nitrogens with zero attached hydrogens (tertiary/aromatic N) is 12. The van der Waals surface area contributed by atoms with Gasteiger partial charge >= 0.3 is 0 Å².